The van der Waals surface area contributed by atoms with Crippen LogP contribution in [0.1, 0.15) is 12.5 Å². The second-order valence-electron chi connectivity index (χ2n) is 4.62. The van der Waals surface area contributed by atoms with Gasteiger partial charge in [0.15, 0.2) is 5.82 Å². The fourth-order valence-corrected chi connectivity index (χ4v) is 2.00. The van der Waals surface area contributed by atoms with Gasteiger partial charge < -0.3 is 4.74 Å². The third kappa shape index (κ3) is 3.38. The van der Waals surface area contributed by atoms with Crippen LogP contribution in [0.3, 0.4) is 0 Å². The maximum absolute atomic E-state index is 5.40. The van der Waals surface area contributed by atoms with Crippen LogP contribution in [0, 0.1) is 0 Å². The number of ether oxygens (including phenoxy) is 1. The number of hydrazone groups is 1. The molecule has 110 valence electrons. The van der Waals surface area contributed by atoms with Gasteiger partial charge in [0.25, 0.3) is 0 Å². The molecule has 3 aromatic rings. The van der Waals surface area contributed by atoms with Crippen molar-refractivity contribution < 1.29 is 4.74 Å². The largest absolute Gasteiger partial charge is 0.494 e. The molecule has 22 heavy (non-hydrogen) atoms. The van der Waals surface area contributed by atoms with Crippen LogP contribution in [0.15, 0.2) is 59.8 Å². The van der Waals surface area contributed by atoms with Crippen molar-refractivity contribution in [2.45, 2.75) is 6.92 Å². The summed E-state index contributed by atoms with van der Waals surface area (Å²) in [6.07, 6.45) is 3.39. The Balaban J connectivity index is 1.67. The molecule has 2 aromatic carbocycles. The zero-order valence-corrected chi connectivity index (χ0v) is 12.2. The van der Waals surface area contributed by atoms with E-state index >= 15 is 0 Å². The van der Waals surface area contributed by atoms with Gasteiger partial charge in [0.2, 0.25) is 0 Å². The highest BCUT2D eigenvalue weighted by Crippen LogP contribution is 2.12. The summed E-state index contributed by atoms with van der Waals surface area (Å²) in [5, 5.41) is 4.18. The van der Waals surface area contributed by atoms with Crippen molar-refractivity contribution in [1.29, 1.82) is 0 Å². The van der Waals surface area contributed by atoms with E-state index in [1.165, 1.54) is 0 Å². The normalized spacial score (nSPS) is 11.0. The molecule has 0 radical (unpaired) electrons. The molecule has 1 aromatic heterocycles. The lowest BCUT2D eigenvalue weighted by atomic mass is 10.2. The molecule has 0 fully saturated rings. The van der Waals surface area contributed by atoms with Crippen LogP contribution >= 0.6 is 0 Å². The van der Waals surface area contributed by atoms with Crippen molar-refractivity contribution in [1.82, 2.24) is 9.97 Å². The van der Waals surface area contributed by atoms with Gasteiger partial charge in [-0.1, -0.05) is 12.1 Å². The van der Waals surface area contributed by atoms with Crippen LogP contribution in [-0.2, 0) is 0 Å². The first-order valence-corrected chi connectivity index (χ1v) is 7.09. The fourth-order valence-electron chi connectivity index (χ4n) is 2.00. The van der Waals surface area contributed by atoms with Crippen molar-refractivity contribution in [2.24, 2.45) is 5.10 Å². The van der Waals surface area contributed by atoms with Gasteiger partial charge in [0.05, 0.1) is 30.1 Å². The number of hydrogen-bond acceptors (Lipinski definition) is 5. The monoisotopic (exact) mass is 292 g/mol. The maximum Gasteiger partial charge on any atom is 0.165 e. The van der Waals surface area contributed by atoms with Gasteiger partial charge in [0, 0.05) is 0 Å². The number of nitrogens with zero attached hydrogens (tertiary/aromatic N) is 3. The molecule has 3 rings (SSSR count). The SMILES string of the molecule is CCOc1ccc(/C=N/Nc2cnc3ccccc3n2)cc1. The van der Waals surface area contributed by atoms with Gasteiger partial charge in [0.1, 0.15) is 5.75 Å². The zero-order valence-electron chi connectivity index (χ0n) is 12.2. The molecule has 0 aliphatic heterocycles. The second-order valence-corrected chi connectivity index (χ2v) is 4.62. The number of para-hydroxylation sites is 2. The molecule has 0 saturated carbocycles. The van der Waals surface area contributed by atoms with Crippen LogP contribution in [-0.4, -0.2) is 22.8 Å². The van der Waals surface area contributed by atoms with Gasteiger partial charge in [-0.3, -0.25) is 10.4 Å². The molecule has 0 atom stereocenters. The molecular weight excluding hydrogens is 276 g/mol. The summed E-state index contributed by atoms with van der Waals surface area (Å²) in [6.45, 7) is 2.62. The van der Waals surface area contributed by atoms with E-state index in [1.54, 1.807) is 12.4 Å². The Morgan fingerprint density at radius 3 is 2.64 bits per heavy atom. The molecule has 0 spiro atoms. The van der Waals surface area contributed by atoms with Gasteiger partial charge in [-0.15, -0.1) is 0 Å². The van der Waals surface area contributed by atoms with E-state index in [2.05, 4.69) is 20.5 Å². The molecule has 1 heterocycles. The Kier molecular flexibility index (Phi) is 4.25. The molecule has 0 saturated heterocycles. The first-order valence-electron chi connectivity index (χ1n) is 7.09. The molecular formula is C17H16N4O. The number of fused-ring (bicyclic) bond motifs is 1. The third-order valence-corrected chi connectivity index (χ3v) is 3.03. The maximum atomic E-state index is 5.40. The predicted octanol–water partition coefficient (Wildman–Crippen LogP) is 3.47. The minimum Gasteiger partial charge on any atom is -0.494 e. The lowest BCUT2D eigenvalue weighted by molar-refractivity contribution is 0.340. The summed E-state index contributed by atoms with van der Waals surface area (Å²) < 4.78 is 5.40. The number of nitrogens with one attached hydrogen (secondary N) is 1. The fraction of sp³-hybridized carbons (Fsp3) is 0.118. The smallest absolute Gasteiger partial charge is 0.165 e. The summed E-state index contributed by atoms with van der Waals surface area (Å²) in [7, 11) is 0. The van der Waals surface area contributed by atoms with Gasteiger partial charge in [-0.25, -0.2) is 4.98 Å². The molecule has 0 aliphatic rings. The first kappa shape index (κ1) is 14.0. The van der Waals surface area contributed by atoms with Gasteiger partial charge in [-0.05, 0) is 48.9 Å². The molecule has 1 N–H and O–H groups in total. The van der Waals surface area contributed by atoms with E-state index in [0.717, 1.165) is 22.3 Å². The van der Waals surface area contributed by atoms with E-state index in [9.17, 15) is 0 Å². The highest BCUT2D eigenvalue weighted by molar-refractivity contribution is 5.80. The van der Waals surface area contributed by atoms with Crippen LogP contribution in [0.25, 0.3) is 11.0 Å². The second kappa shape index (κ2) is 6.67. The Hall–Kier alpha value is -2.95. The Morgan fingerprint density at radius 2 is 1.86 bits per heavy atom. The molecule has 0 aliphatic carbocycles. The molecule has 5 heteroatoms. The van der Waals surface area contributed by atoms with Crippen LogP contribution in [0.4, 0.5) is 5.82 Å². The van der Waals surface area contributed by atoms with Crippen molar-refractivity contribution in [3.8, 4) is 5.75 Å². The highest BCUT2D eigenvalue weighted by atomic mass is 16.5. The molecule has 5 nitrogen and oxygen atoms in total. The first-order chi connectivity index (χ1) is 10.8. The summed E-state index contributed by atoms with van der Waals surface area (Å²) in [5.74, 6) is 1.47. The highest BCUT2D eigenvalue weighted by Gasteiger charge is 1.97. The van der Waals surface area contributed by atoms with E-state index in [-0.39, 0.29) is 0 Å². The zero-order chi connectivity index (χ0) is 15.2. The number of anilines is 1. The average Bonchev–Trinajstić information content (AvgIpc) is 2.57. The Labute approximate surface area is 128 Å². The summed E-state index contributed by atoms with van der Waals surface area (Å²) in [6, 6.07) is 15.4. The topological polar surface area (TPSA) is 59.4 Å². The quantitative estimate of drug-likeness (QED) is 0.578. The average molecular weight is 292 g/mol. The van der Waals surface area contributed by atoms with Crippen LogP contribution in [0.2, 0.25) is 0 Å². The number of hydrogen-bond donors (Lipinski definition) is 1. The van der Waals surface area contributed by atoms with Crippen molar-refractivity contribution in [3.05, 3.63) is 60.3 Å². The van der Waals surface area contributed by atoms with Crippen LogP contribution < -0.4 is 10.2 Å². The Morgan fingerprint density at radius 1 is 1.09 bits per heavy atom. The van der Waals surface area contributed by atoms with Gasteiger partial charge in [-0.2, -0.15) is 5.10 Å². The van der Waals surface area contributed by atoms with E-state index in [1.807, 2.05) is 55.5 Å². The summed E-state index contributed by atoms with van der Waals surface area (Å²) in [5.41, 5.74) is 5.57. The molecule has 0 unspecified atom stereocenters. The van der Waals surface area contributed by atoms with E-state index in [0.29, 0.717) is 12.4 Å². The lowest BCUT2D eigenvalue weighted by Crippen LogP contribution is -1.95. The molecule has 0 bridgehead atoms. The third-order valence-electron chi connectivity index (χ3n) is 3.03. The number of benzene rings is 2. The minimum absolute atomic E-state index is 0.612. The lowest BCUT2D eigenvalue weighted by Gasteiger charge is -2.02. The molecule has 0 amide bonds. The van der Waals surface area contributed by atoms with E-state index < -0.39 is 0 Å². The van der Waals surface area contributed by atoms with E-state index in [4.69, 9.17) is 4.74 Å². The summed E-state index contributed by atoms with van der Waals surface area (Å²) >= 11 is 0. The van der Waals surface area contributed by atoms with Crippen molar-refractivity contribution in [3.63, 3.8) is 0 Å². The van der Waals surface area contributed by atoms with Crippen LogP contribution in [0.5, 0.6) is 5.75 Å². The number of rotatable bonds is 5. The summed E-state index contributed by atoms with van der Waals surface area (Å²) in [4.78, 5) is 8.76. The van der Waals surface area contributed by atoms with Crippen molar-refractivity contribution in [2.75, 3.05) is 12.0 Å². The number of aromatic nitrogens is 2. The minimum atomic E-state index is 0.612. The van der Waals surface area contributed by atoms with Crippen molar-refractivity contribution >= 4 is 23.1 Å². The standard InChI is InChI=1S/C17H16N4O/c1-2-22-14-9-7-13(8-10-14)11-19-21-17-12-18-15-5-3-4-6-16(15)20-17/h3-12H,2H2,1H3,(H,20,21)/b19-11+. The Bertz CT molecular complexity index is 784. The predicted molar refractivity (Wildman–Crippen MR) is 88.4 cm³/mol. The van der Waals surface area contributed by atoms with Gasteiger partial charge >= 0.3 is 0 Å².